The fourth-order valence-corrected chi connectivity index (χ4v) is 3.07. The van der Waals surface area contributed by atoms with Gasteiger partial charge in [-0.25, -0.2) is 13.8 Å². The molecule has 0 spiro atoms. The molecule has 0 aliphatic carbocycles. The molecular formula is C19H12ClF3N4O2. The highest BCUT2D eigenvalue weighted by molar-refractivity contribution is 6.34. The number of nitrogens with zero attached hydrogens (tertiary/aromatic N) is 3. The molecule has 2 heterocycles. The van der Waals surface area contributed by atoms with Crippen LogP contribution in [-0.4, -0.2) is 14.5 Å². The summed E-state index contributed by atoms with van der Waals surface area (Å²) in [5.41, 5.74) is 0.424. The molecule has 0 aliphatic rings. The second-order valence-corrected chi connectivity index (χ2v) is 6.69. The number of hydrogen-bond acceptors (Lipinski definition) is 5. The van der Waals surface area contributed by atoms with Crippen LogP contribution in [0.3, 0.4) is 0 Å². The van der Waals surface area contributed by atoms with Gasteiger partial charge in [-0.1, -0.05) is 11.6 Å². The summed E-state index contributed by atoms with van der Waals surface area (Å²) in [6, 6.07) is 6.03. The van der Waals surface area contributed by atoms with Gasteiger partial charge in [0.2, 0.25) is 11.8 Å². The van der Waals surface area contributed by atoms with Gasteiger partial charge < -0.3 is 14.3 Å². The van der Waals surface area contributed by atoms with E-state index in [9.17, 15) is 18.0 Å². The van der Waals surface area contributed by atoms with Crippen molar-refractivity contribution in [1.82, 2.24) is 14.5 Å². The monoisotopic (exact) mass is 420 g/mol. The van der Waals surface area contributed by atoms with Crippen LogP contribution in [0, 0.1) is 24.4 Å². The zero-order chi connectivity index (χ0) is 20.7. The van der Waals surface area contributed by atoms with E-state index in [1.165, 1.54) is 4.57 Å². The van der Waals surface area contributed by atoms with Crippen molar-refractivity contribution in [3.63, 3.8) is 0 Å². The molecule has 0 amide bonds. The Kier molecular flexibility index (Phi) is 4.75. The average molecular weight is 421 g/mol. The number of fused-ring (bicyclic) bond motifs is 1. The third-order valence-electron chi connectivity index (χ3n) is 4.06. The van der Waals surface area contributed by atoms with Crippen molar-refractivity contribution in [1.29, 1.82) is 0 Å². The molecule has 148 valence electrons. The van der Waals surface area contributed by atoms with E-state index in [1.54, 1.807) is 19.1 Å². The number of oxazole rings is 1. The van der Waals surface area contributed by atoms with Crippen molar-refractivity contribution < 1.29 is 17.6 Å². The van der Waals surface area contributed by atoms with E-state index in [4.69, 9.17) is 16.0 Å². The highest BCUT2D eigenvalue weighted by atomic mass is 35.5. The highest BCUT2D eigenvalue weighted by Crippen LogP contribution is 2.30. The molecule has 0 radical (unpaired) electrons. The van der Waals surface area contributed by atoms with Crippen LogP contribution in [0.5, 0.6) is 0 Å². The van der Waals surface area contributed by atoms with Crippen LogP contribution in [0.25, 0.3) is 11.1 Å². The minimum Gasteiger partial charge on any atom is -0.441 e. The van der Waals surface area contributed by atoms with Gasteiger partial charge in [-0.15, -0.1) is 0 Å². The maximum atomic E-state index is 13.8. The van der Waals surface area contributed by atoms with Gasteiger partial charge in [-0.2, -0.15) is 9.37 Å². The lowest BCUT2D eigenvalue weighted by Crippen LogP contribution is -2.20. The zero-order valence-corrected chi connectivity index (χ0v) is 15.6. The third kappa shape index (κ3) is 3.95. The van der Waals surface area contributed by atoms with Gasteiger partial charge in [0.25, 0.3) is 0 Å². The largest absolute Gasteiger partial charge is 0.441 e. The molecule has 2 aromatic heterocycles. The summed E-state index contributed by atoms with van der Waals surface area (Å²) in [4.78, 5) is 19.6. The number of benzene rings is 2. The average Bonchev–Trinajstić information content (AvgIpc) is 2.97. The zero-order valence-electron chi connectivity index (χ0n) is 14.8. The number of anilines is 2. The number of aryl methyl sites for hydroxylation is 1. The van der Waals surface area contributed by atoms with E-state index >= 15 is 0 Å². The Morgan fingerprint density at radius 2 is 1.83 bits per heavy atom. The molecule has 0 unspecified atom stereocenters. The predicted octanol–water partition coefficient (Wildman–Crippen LogP) is 4.56. The van der Waals surface area contributed by atoms with Gasteiger partial charge in [0.1, 0.15) is 17.2 Å². The summed E-state index contributed by atoms with van der Waals surface area (Å²) in [5, 5.41) is 3.09. The molecule has 29 heavy (non-hydrogen) atoms. The van der Waals surface area contributed by atoms with Gasteiger partial charge in [0.05, 0.1) is 17.3 Å². The summed E-state index contributed by atoms with van der Waals surface area (Å²) in [7, 11) is 0. The number of halogens is 4. The van der Waals surface area contributed by atoms with Gasteiger partial charge in [0, 0.05) is 25.3 Å². The summed E-state index contributed by atoms with van der Waals surface area (Å²) < 4.78 is 47.5. The molecule has 4 rings (SSSR count). The first-order valence-electron chi connectivity index (χ1n) is 8.34. The molecule has 0 atom stereocenters. The normalized spacial score (nSPS) is 11.2. The van der Waals surface area contributed by atoms with Crippen LogP contribution in [-0.2, 0) is 6.54 Å². The van der Waals surface area contributed by atoms with Gasteiger partial charge >= 0.3 is 5.56 Å². The minimum absolute atomic E-state index is 0.0708. The molecule has 0 aliphatic heterocycles. The maximum absolute atomic E-state index is 13.8. The van der Waals surface area contributed by atoms with Crippen molar-refractivity contribution in [2.45, 2.75) is 13.5 Å². The van der Waals surface area contributed by atoms with E-state index < -0.39 is 23.0 Å². The van der Waals surface area contributed by atoms with Crippen LogP contribution < -0.4 is 10.9 Å². The Bertz CT molecular complexity index is 1280. The van der Waals surface area contributed by atoms with Crippen molar-refractivity contribution in [2.75, 3.05) is 5.32 Å². The Balaban J connectivity index is 1.76. The molecule has 10 heteroatoms. The molecule has 2 aromatic carbocycles. The topological polar surface area (TPSA) is 73.0 Å². The summed E-state index contributed by atoms with van der Waals surface area (Å²) >= 11 is 6.25. The maximum Gasteiger partial charge on any atom is 0.310 e. The van der Waals surface area contributed by atoms with Crippen LogP contribution in [0.4, 0.5) is 24.8 Å². The first-order chi connectivity index (χ1) is 13.8. The molecule has 0 saturated carbocycles. The Hall–Kier alpha value is -3.33. The summed E-state index contributed by atoms with van der Waals surface area (Å²) in [5.74, 6) is -2.30. The quantitative estimate of drug-likeness (QED) is 0.524. The van der Waals surface area contributed by atoms with E-state index in [2.05, 4.69) is 15.3 Å². The van der Waals surface area contributed by atoms with E-state index in [1.807, 2.05) is 0 Å². The number of aromatic nitrogens is 3. The van der Waals surface area contributed by atoms with Gasteiger partial charge in [0.15, 0.2) is 11.5 Å². The second kappa shape index (κ2) is 7.25. The standard InChI is InChI=1S/C19H12ClF3N4O2/c1-9-24-16-5-13(20)15(6-17(16)29-9)25-19-26-18(28)14(23)8-27(19)7-10-2-11(21)4-12(22)3-10/h2-6,8H,7H2,1H3,(H,25,26,28). The number of hydrogen-bond donors (Lipinski definition) is 1. The van der Waals surface area contributed by atoms with E-state index in [0.717, 1.165) is 24.4 Å². The molecule has 0 bridgehead atoms. The number of nitrogens with one attached hydrogen (secondary N) is 1. The predicted molar refractivity (Wildman–Crippen MR) is 101 cm³/mol. The molecule has 6 nitrogen and oxygen atoms in total. The van der Waals surface area contributed by atoms with Crippen molar-refractivity contribution in [3.8, 4) is 0 Å². The Morgan fingerprint density at radius 3 is 2.55 bits per heavy atom. The van der Waals surface area contributed by atoms with Crippen LogP contribution in [0.2, 0.25) is 5.02 Å². The third-order valence-corrected chi connectivity index (χ3v) is 4.37. The van der Waals surface area contributed by atoms with Crippen LogP contribution in [0.15, 0.2) is 45.7 Å². The second-order valence-electron chi connectivity index (χ2n) is 6.28. The van der Waals surface area contributed by atoms with Crippen molar-refractivity contribution in [2.24, 2.45) is 0 Å². The van der Waals surface area contributed by atoms with Crippen LogP contribution in [0.1, 0.15) is 11.5 Å². The SMILES string of the molecule is Cc1nc2cc(Cl)c(Nc3nc(=O)c(F)cn3Cc3cc(F)cc(F)c3)cc2o1. The van der Waals surface area contributed by atoms with Gasteiger partial charge in [-0.05, 0) is 23.8 Å². The smallest absolute Gasteiger partial charge is 0.310 e. The van der Waals surface area contributed by atoms with Gasteiger partial charge in [-0.3, -0.25) is 4.79 Å². The molecule has 1 N–H and O–H groups in total. The lowest BCUT2D eigenvalue weighted by Gasteiger charge is -2.15. The van der Waals surface area contributed by atoms with Crippen molar-refractivity contribution in [3.05, 3.63) is 80.8 Å². The van der Waals surface area contributed by atoms with Crippen molar-refractivity contribution >= 4 is 34.3 Å². The first kappa shape index (κ1) is 19.0. The summed E-state index contributed by atoms with van der Waals surface area (Å²) in [6.07, 6.45) is 0.894. The van der Waals surface area contributed by atoms with E-state index in [0.29, 0.717) is 22.7 Å². The summed E-state index contributed by atoms with van der Waals surface area (Å²) in [6.45, 7) is 1.53. The molecule has 0 saturated heterocycles. The molecular weight excluding hydrogens is 409 g/mol. The Morgan fingerprint density at radius 1 is 1.10 bits per heavy atom. The van der Waals surface area contributed by atoms with E-state index in [-0.39, 0.29) is 23.1 Å². The molecule has 4 aromatic rings. The highest BCUT2D eigenvalue weighted by Gasteiger charge is 2.14. The number of rotatable bonds is 4. The lowest BCUT2D eigenvalue weighted by atomic mass is 10.2. The lowest BCUT2D eigenvalue weighted by molar-refractivity contribution is 0.561. The molecule has 0 fully saturated rings. The minimum atomic E-state index is -1.11. The fourth-order valence-electron chi connectivity index (χ4n) is 2.87. The first-order valence-corrected chi connectivity index (χ1v) is 8.72. The fraction of sp³-hybridized carbons (Fsp3) is 0.105. The van der Waals surface area contributed by atoms with Crippen LogP contribution >= 0.6 is 11.6 Å². The Labute approximate surface area is 166 Å².